The van der Waals surface area contributed by atoms with Crippen molar-refractivity contribution in [3.05, 3.63) is 0 Å². The number of ketones is 1. The summed E-state index contributed by atoms with van der Waals surface area (Å²) >= 11 is 0. The minimum Gasteiger partial charge on any atom is -0.463 e. The zero-order valence-electron chi connectivity index (χ0n) is 9.71. The fourth-order valence-electron chi connectivity index (χ4n) is 0.745. The summed E-state index contributed by atoms with van der Waals surface area (Å²) in [5.74, 6) is -3.16. The predicted octanol–water partition coefficient (Wildman–Crippen LogP) is -1.21. The van der Waals surface area contributed by atoms with E-state index in [-0.39, 0.29) is 13.2 Å². The normalized spacial score (nSPS) is 13.6. The van der Waals surface area contributed by atoms with Gasteiger partial charge in [0.15, 0.2) is 0 Å². The molecule has 0 fully saturated rings. The molecule has 0 rings (SSSR count). The van der Waals surface area contributed by atoms with E-state index in [1.807, 2.05) is 0 Å². The zero-order valence-corrected chi connectivity index (χ0v) is 9.71. The van der Waals surface area contributed by atoms with E-state index in [1.54, 1.807) is 0 Å². The van der Waals surface area contributed by atoms with Crippen LogP contribution in [0.25, 0.3) is 0 Å². The third-order valence-electron chi connectivity index (χ3n) is 1.47. The summed E-state index contributed by atoms with van der Waals surface area (Å²) in [5, 5.41) is 17.6. The highest BCUT2D eigenvalue weighted by atomic mass is 16.6. The molecule has 2 atom stereocenters. The largest absolute Gasteiger partial charge is 0.463 e. The second-order valence-electron chi connectivity index (χ2n) is 3.58. The summed E-state index contributed by atoms with van der Waals surface area (Å²) in [6.07, 6.45) is -2.46. The van der Waals surface area contributed by atoms with E-state index in [0.717, 1.165) is 0 Å². The van der Waals surface area contributed by atoms with Crippen molar-refractivity contribution in [2.45, 2.75) is 32.5 Å². The van der Waals surface area contributed by atoms with Crippen molar-refractivity contribution >= 4 is 17.7 Å². The van der Waals surface area contributed by atoms with Gasteiger partial charge in [-0.15, -0.1) is 0 Å². The molecule has 0 bridgehead atoms. The number of Topliss-reactive ketones (excluding diaryl/α,β-unsaturated/α-hetero) is 1. The van der Waals surface area contributed by atoms with E-state index < -0.39 is 36.4 Å². The first-order valence-electron chi connectivity index (χ1n) is 5.04. The number of carbonyl (C=O) groups excluding carboxylic acids is 3. The molecule has 0 heterocycles. The van der Waals surface area contributed by atoms with Crippen molar-refractivity contribution < 1.29 is 34.1 Å². The molecular weight excluding hydrogens is 232 g/mol. The Hall–Kier alpha value is -1.47. The van der Waals surface area contributed by atoms with E-state index >= 15 is 0 Å². The smallest absolute Gasteiger partial charge is 0.375 e. The number of hydrogen-bond acceptors (Lipinski definition) is 7. The molecule has 2 N–H and O–H groups in total. The number of aliphatic hydroxyl groups is 2. The Morgan fingerprint density at radius 1 is 1.00 bits per heavy atom. The minimum atomic E-state index is -1.19. The van der Waals surface area contributed by atoms with Crippen LogP contribution in [0.4, 0.5) is 0 Å². The van der Waals surface area contributed by atoms with E-state index in [1.165, 1.54) is 13.8 Å². The third-order valence-corrected chi connectivity index (χ3v) is 1.47. The lowest BCUT2D eigenvalue weighted by Gasteiger charge is -2.07. The highest BCUT2D eigenvalue weighted by molar-refractivity contribution is 6.36. The van der Waals surface area contributed by atoms with E-state index in [2.05, 4.69) is 9.47 Å². The Morgan fingerprint density at radius 2 is 1.47 bits per heavy atom. The third kappa shape index (κ3) is 8.35. The van der Waals surface area contributed by atoms with Crippen LogP contribution in [0, 0.1) is 0 Å². The van der Waals surface area contributed by atoms with E-state index in [4.69, 9.17) is 10.2 Å². The lowest BCUT2D eigenvalue weighted by Crippen LogP contribution is -2.25. The lowest BCUT2D eigenvalue weighted by atomic mass is 10.3. The van der Waals surface area contributed by atoms with E-state index in [9.17, 15) is 14.4 Å². The highest BCUT2D eigenvalue weighted by Crippen LogP contribution is 1.94. The summed E-state index contributed by atoms with van der Waals surface area (Å²) < 4.78 is 8.88. The van der Waals surface area contributed by atoms with E-state index in [0.29, 0.717) is 0 Å². The van der Waals surface area contributed by atoms with Crippen LogP contribution in [0.1, 0.15) is 20.3 Å². The van der Waals surface area contributed by atoms with Crippen molar-refractivity contribution in [3.8, 4) is 0 Å². The van der Waals surface area contributed by atoms with Crippen LogP contribution in [0.3, 0.4) is 0 Å². The molecule has 0 spiro atoms. The van der Waals surface area contributed by atoms with Gasteiger partial charge in [0.05, 0.1) is 12.2 Å². The Balaban J connectivity index is 3.91. The fraction of sp³-hybridized carbons (Fsp3) is 0.700. The second kappa shape index (κ2) is 7.75. The minimum absolute atomic E-state index is 0.241. The number of esters is 2. The first-order chi connectivity index (χ1) is 7.82. The van der Waals surface area contributed by atoms with Crippen LogP contribution in [-0.2, 0) is 23.9 Å². The first kappa shape index (κ1) is 15.5. The summed E-state index contributed by atoms with van der Waals surface area (Å²) in [4.78, 5) is 33.1. The van der Waals surface area contributed by atoms with Crippen molar-refractivity contribution in [1.82, 2.24) is 0 Å². The number of rotatable bonds is 7. The maximum Gasteiger partial charge on any atom is 0.375 e. The summed E-state index contributed by atoms with van der Waals surface area (Å²) in [7, 11) is 0. The molecule has 0 aliphatic carbocycles. The predicted molar refractivity (Wildman–Crippen MR) is 54.9 cm³/mol. The van der Waals surface area contributed by atoms with Crippen molar-refractivity contribution in [1.29, 1.82) is 0 Å². The molecule has 0 radical (unpaired) electrons. The number of aliphatic hydroxyl groups excluding tert-OH is 2. The van der Waals surface area contributed by atoms with Gasteiger partial charge in [-0.05, 0) is 13.8 Å². The second-order valence-corrected chi connectivity index (χ2v) is 3.58. The Labute approximate surface area is 98.3 Å². The summed E-state index contributed by atoms with van der Waals surface area (Å²) in [5.41, 5.74) is 0. The molecule has 0 aliphatic heterocycles. The van der Waals surface area contributed by atoms with Crippen LogP contribution in [0.15, 0.2) is 0 Å². The Bertz CT molecular complexity index is 282. The lowest BCUT2D eigenvalue weighted by molar-refractivity contribution is -0.159. The first-order valence-corrected chi connectivity index (χ1v) is 5.04. The highest BCUT2D eigenvalue weighted by Gasteiger charge is 2.21. The average molecular weight is 248 g/mol. The van der Waals surface area contributed by atoms with Gasteiger partial charge >= 0.3 is 11.9 Å². The van der Waals surface area contributed by atoms with Crippen LogP contribution < -0.4 is 0 Å². The van der Waals surface area contributed by atoms with Crippen LogP contribution in [-0.4, -0.2) is 53.4 Å². The van der Waals surface area contributed by atoms with Gasteiger partial charge < -0.3 is 19.7 Å². The SMILES string of the molecule is C[C@@H](O)COC(=O)CC(=O)C(=O)OC[C@@H](C)O. The standard InChI is InChI=1S/C10H16O7/c1-6(11)4-16-9(14)3-8(13)10(15)17-5-7(2)12/h6-7,11-12H,3-5H2,1-2H3/t6-,7-/m1/s1. The molecule has 17 heavy (non-hydrogen) atoms. The molecule has 7 nitrogen and oxygen atoms in total. The molecular formula is C10H16O7. The molecule has 0 aromatic heterocycles. The fourth-order valence-corrected chi connectivity index (χ4v) is 0.745. The van der Waals surface area contributed by atoms with Gasteiger partial charge in [-0.3, -0.25) is 9.59 Å². The topological polar surface area (TPSA) is 110 Å². The maximum absolute atomic E-state index is 11.1. The average Bonchev–Trinajstić information content (AvgIpc) is 2.22. The quantitative estimate of drug-likeness (QED) is 0.330. The number of carbonyl (C=O) groups is 3. The van der Waals surface area contributed by atoms with Crippen LogP contribution in [0.5, 0.6) is 0 Å². The molecule has 98 valence electrons. The molecule has 7 heteroatoms. The van der Waals surface area contributed by atoms with Gasteiger partial charge in [0.1, 0.15) is 19.6 Å². The molecule has 0 saturated carbocycles. The van der Waals surface area contributed by atoms with Gasteiger partial charge in [-0.1, -0.05) is 0 Å². The Kier molecular flexibility index (Phi) is 7.08. The molecule has 0 unspecified atom stereocenters. The summed E-state index contributed by atoms with van der Waals surface area (Å²) in [6.45, 7) is 2.24. The van der Waals surface area contributed by atoms with Crippen LogP contribution >= 0.6 is 0 Å². The van der Waals surface area contributed by atoms with Crippen molar-refractivity contribution in [2.24, 2.45) is 0 Å². The van der Waals surface area contributed by atoms with Crippen LogP contribution in [0.2, 0.25) is 0 Å². The number of hydrogen-bond donors (Lipinski definition) is 2. The maximum atomic E-state index is 11.1. The Morgan fingerprint density at radius 3 is 1.94 bits per heavy atom. The van der Waals surface area contributed by atoms with Gasteiger partial charge in [-0.2, -0.15) is 0 Å². The van der Waals surface area contributed by atoms with Gasteiger partial charge in [0, 0.05) is 0 Å². The molecule has 0 aromatic carbocycles. The number of ether oxygens (including phenoxy) is 2. The summed E-state index contributed by atoms with van der Waals surface area (Å²) in [6, 6.07) is 0. The van der Waals surface area contributed by atoms with Crippen molar-refractivity contribution in [2.75, 3.05) is 13.2 Å². The molecule has 0 saturated heterocycles. The monoisotopic (exact) mass is 248 g/mol. The molecule has 0 amide bonds. The molecule has 0 aromatic rings. The van der Waals surface area contributed by atoms with Gasteiger partial charge in [-0.25, -0.2) is 4.79 Å². The van der Waals surface area contributed by atoms with Gasteiger partial charge in [0.2, 0.25) is 0 Å². The molecule has 0 aliphatic rings. The van der Waals surface area contributed by atoms with Crippen molar-refractivity contribution in [3.63, 3.8) is 0 Å². The van der Waals surface area contributed by atoms with Gasteiger partial charge in [0.25, 0.3) is 5.78 Å². The zero-order chi connectivity index (χ0) is 13.4.